The SMILES string of the molecule is CCC(C)N(CC)CCC(C)(C)C. The van der Waals surface area contributed by atoms with Crippen LogP contribution in [0, 0.1) is 5.41 Å². The Morgan fingerprint density at radius 2 is 1.69 bits per heavy atom. The van der Waals surface area contributed by atoms with Crippen LogP contribution in [0.3, 0.4) is 0 Å². The fourth-order valence-electron chi connectivity index (χ4n) is 1.43. The van der Waals surface area contributed by atoms with E-state index in [9.17, 15) is 0 Å². The Bertz CT molecular complexity index is 124. The lowest BCUT2D eigenvalue weighted by Crippen LogP contribution is -2.34. The molecule has 80 valence electrons. The Morgan fingerprint density at radius 3 is 2.00 bits per heavy atom. The summed E-state index contributed by atoms with van der Waals surface area (Å²) in [5.41, 5.74) is 0.473. The molecule has 1 unspecified atom stereocenters. The highest BCUT2D eigenvalue weighted by molar-refractivity contribution is 4.69. The van der Waals surface area contributed by atoms with Crippen LogP contribution in [0.15, 0.2) is 0 Å². The van der Waals surface area contributed by atoms with Crippen LogP contribution in [0.5, 0.6) is 0 Å². The molecule has 0 aliphatic heterocycles. The van der Waals surface area contributed by atoms with Gasteiger partial charge in [0.1, 0.15) is 0 Å². The first-order valence-corrected chi connectivity index (χ1v) is 5.64. The lowest BCUT2D eigenvalue weighted by Gasteiger charge is -2.30. The highest BCUT2D eigenvalue weighted by Gasteiger charge is 2.15. The molecule has 1 heteroatoms. The molecule has 0 aliphatic carbocycles. The lowest BCUT2D eigenvalue weighted by molar-refractivity contribution is 0.184. The van der Waals surface area contributed by atoms with Crippen molar-refractivity contribution >= 4 is 0 Å². The topological polar surface area (TPSA) is 3.24 Å². The van der Waals surface area contributed by atoms with Crippen LogP contribution >= 0.6 is 0 Å². The third-order valence-electron chi connectivity index (χ3n) is 2.77. The molecular formula is C12H27N. The number of hydrogen-bond donors (Lipinski definition) is 0. The molecule has 1 atom stereocenters. The van der Waals surface area contributed by atoms with Gasteiger partial charge in [0.15, 0.2) is 0 Å². The van der Waals surface area contributed by atoms with Crippen LogP contribution in [-0.2, 0) is 0 Å². The molecule has 0 aliphatic rings. The first kappa shape index (κ1) is 13.0. The molecule has 0 amide bonds. The Labute approximate surface area is 84.5 Å². The third-order valence-corrected chi connectivity index (χ3v) is 2.77. The van der Waals surface area contributed by atoms with E-state index < -0.39 is 0 Å². The summed E-state index contributed by atoms with van der Waals surface area (Å²) in [5, 5.41) is 0. The van der Waals surface area contributed by atoms with Crippen molar-refractivity contribution in [3.63, 3.8) is 0 Å². The Morgan fingerprint density at radius 1 is 1.15 bits per heavy atom. The molecule has 0 spiro atoms. The van der Waals surface area contributed by atoms with E-state index in [-0.39, 0.29) is 0 Å². The normalized spacial score (nSPS) is 15.0. The summed E-state index contributed by atoms with van der Waals surface area (Å²) >= 11 is 0. The second-order valence-corrected chi connectivity index (χ2v) is 5.20. The molecular weight excluding hydrogens is 158 g/mol. The summed E-state index contributed by atoms with van der Waals surface area (Å²) in [7, 11) is 0. The van der Waals surface area contributed by atoms with Gasteiger partial charge in [-0.3, -0.25) is 0 Å². The minimum Gasteiger partial charge on any atom is -0.301 e. The van der Waals surface area contributed by atoms with Crippen LogP contribution in [0.1, 0.15) is 54.4 Å². The zero-order valence-electron chi connectivity index (χ0n) is 10.4. The molecule has 0 bridgehead atoms. The van der Waals surface area contributed by atoms with Gasteiger partial charge >= 0.3 is 0 Å². The number of rotatable bonds is 5. The van der Waals surface area contributed by atoms with E-state index >= 15 is 0 Å². The van der Waals surface area contributed by atoms with Gasteiger partial charge in [0.05, 0.1) is 0 Å². The largest absolute Gasteiger partial charge is 0.301 e. The monoisotopic (exact) mass is 185 g/mol. The Kier molecular flexibility index (Phi) is 5.62. The predicted octanol–water partition coefficient (Wildman–Crippen LogP) is 3.54. The molecule has 0 fully saturated rings. The van der Waals surface area contributed by atoms with Crippen molar-refractivity contribution in [3.05, 3.63) is 0 Å². The highest BCUT2D eigenvalue weighted by Crippen LogP contribution is 2.19. The molecule has 0 aromatic rings. The van der Waals surface area contributed by atoms with Crippen molar-refractivity contribution < 1.29 is 0 Å². The van der Waals surface area contributed by atoms with Crippen LogP contribution in [0.2, 0.25) is 0 Å². The second kappa shape index (κ2) is 5.64. The van der Waals surface area contributed by atoms with Crippen molar-refractivity contribution in [2.24, 2.45) is 5.41 Å². The van der Waals surface area contributed by atoms with E-state index in [4.69, 9.17) is 0 Å². The molecule has 0 aromatic heterocycles. The fourth-order valence-corrected chi connectivity index (χ4v) is 1.43. The quantitative estimate of drug-likeness (QED) is 0.633. The van der Waals surface area contributed by atoms with E-state index in [2.05, 4.69) is 46.4 Å². The molecule has 0 rings (SSSR count). The summed E-state index contributed by atoms with van der Waals surface area (Å²) in [6.45, 7) is 16.2. The summed E-state index contributed by atoms with van der Waals surface area (Å²) in [6.07, 6.45) is 2.56. The first-order valence-electron chi connectivity index (χ1n) is 5.64. The third kappa shape index (κ3) is 6.09. The molecule has 0 radical (unpaired) electrons. The van der Waals surface area contributed by atoms with E-state index in [1.807, 2.05) is 0 Å². The number of nitrogens with zero attached hydrogens (tertiary/aromatic N) is 1. The molecule has 0 heterocycles. The van der Waals surface area contributed by atoms with Gasteiger partial charge in [-0.25, -0.2) is 0 Å². The van der Waals surface area contributed by atoms with Gasteiger partial charge < -0.3 is 4.90 Å². The van der Waals surface area contributed by atoms with Crippen molar-refractivity contribution in [1.82, 2.24) is 4.90 Å². The average Bonchev–Trinajstić information content (AvgIpc) is 2.03. The minimum atomic E-state index is 0.473. The zero-order valence-corrected chi connectivity index (χ0v) is 10.4. The van der Waals surface area contributed by atoms with E-state index in [0.29, 0.717) is 5.41 Å². The number of hydrogen-bond acceptors (Lipinski definition) is 1. The summed E-state index contributed by atoms with van der Waals surface area (Å²) in [6, 6.07) is 0.743. The molecule has 0 saturated carbocycles. The van der Waals surface area contributed by atoms with Crippen molar-refractivity contribution in [1.29, 1.82) is 0 Å². The summed E-state index contributed by atoms with van der Waals surface area (Å²) in [5.74, 6) is 0. The maximum Gasteiger partial charge on any atom is 0.00641 e. The van der Waals surface area contributed by atoms with Crippen LogP contribution in [0.25, 0.3) is 0 Å². The van der Waals surface area contributed by atoms with Gasteiger partial charge in [0, 0.05) is 6.04 Å². The van der Waals surface area contributed by atoms with Crippen molar-refractivity contribution in [2.75, 3.05) is 13.1 Å². The summed E-state index contributed by atoms with van der Waals surface area (Å²) < 4.78 is 0. The predicted molar refractivity (Wildman–Crippen MR) is 61.1 cm³/mol. The minimum absolute atomic E-state index is 0.473. The Balaban J connectivity index is 3.85. The van der Waals surface area contributed by atoms with Gasteiger partial charge in [0.25, 0.3) is 0 Å². The van der Waals surface area contributed by atoms with E-state index in [1.54, 1.807) is 0 Å². The molecule has 0 aromatic carbocycles. The van der Waals surface area contributed by atoms with E-state index in [0.717, 1.165) is 6.04 Å². The lowest BCUT2D eigenvalue weighted by atomic mass is 9.92. The first-order chi connectivity index (χ1) is 5.90. The standard InChI is InChI=1S/C12H27N/c1-7-11(3)13(8-2)10-9-12(4,5)6/h11H,7-10H2,1-6H3. The molecule has 13 heavy (non-hydrogen) atoms. The molecule has 1 nitrogen and oxygen atoms in total. The fraction of sp³-hybridized carbons (Fsp3) is 1.00. The van der Waals surface area contributed by atoms with Gasteiger partial charge in [-0.05, 0) is 38.3 Å². The Hall–Kier alpha value is -0.0400. The average molecular weight is 185 g/mol. The van der Waals surface area contributed by atoms with Gasteiger partial charge in [0.2, 0.25) is 0 Å². The second-order valence-electron chi connectivity index (χ2n) is 5.20. The van der Waals surface area contributed by atoms with Gasteiger partial charge in [-0.15, -0.1) is 0 Å². The molecule has 0 saturated heterocycles. The van der Waals surface area contributed by atoms with Gasteiger partial charge in [-0.1, -0.05) is 34.6 Å². The van der Waals surface area contributed by atoms with Crippen molar-refractivity contribution in [3.8, 4) is 0 Å². The van der Waals surface area contributed by atoms with Crippen LogP contribution in [-0.4, -0.2) is 24.0 Å². The van der Waals surface area contributed by atoms with Gasteiger partial charge in [-0.2, -0.15) is 0 Å². The maximum atomic E-state index is 2.57. The smallest absolute Gasteiger partial charge is 0.00641 e. The van der Waals surface area contributed by atoms with Crippen LogP contribution < -0.4 is 0 Å². The highest BCUT2D eigenvalue weighted by atomic mass is 15.1. The summed E-state index contributed by atoms with van der Waals surface area (Å²) in [4.78, 5) is 2.57. The molecule has 0 N–H and O–H groups in total. The zero-order chi connectivity index (χ0) is 10.5. The van der Waals surface area contributed by atoms with Crippen molar-refractivity contribution in [2.45, 2.75) is 60.4 Å². The maximum absolute atomic E-state index is 2.57. The van der Waals surface area contributed by atoms with Crippen LogP contribution in [0.4, 0.5) is 0 Å². The van der Waals surface area contributed by atoms with E-state index in [1.165, 1.54) is 25.9 Å².